The zero-order valence-corrected chi connectivity index (χ0v) is 18.2. The third-order valence-electron chi connectivity index (χ3n) is 5.77. The Bertz CT molecular complexity index is 1180. The zero-order valence-electron chi connectivity index (χ0n) is 16.7. The first-order valence-electron chi connectivity index (χ1n) is 9.63. The van der Waals surface area contributed by atoms with Crippen LogP contribution in [0.25, 0.3) is 11.2 Å². The van der Waals surface area contributed by atoms with E-state index < -0.39 is 5.69 Å². The zero-order chi connectivity index (χ0) is 20.9. The molecule has 7 nitrogen and oxygen atoms in total. The van der Waals surface area contributed by atoms with Gasteiger partial charge in [-0.05, 0) is 30.9 Å². The molecule has 3 aromatic rings. The summed E-state index contributed by atoms with van der Waals surface area (Å²) in [4.78, 5) is 32.4. The Morgan fingerprint density at radius 3 is 2.31 bits per heavy atom. The molecular weight excluding hydrogens is 413 g/mol. The summed E-state index contributed by atoms with van der Waals surface area (Å²) in [6.07, 6.45) is 2.10. The Morgan fingerprint density at radius 1 is 1.07 bits per heavy atom. The Hall–Kier alpha value is -2.25. The van der Waals surface area contributed by atoms with E-state index in [9.17, 15) is 9.59 Å². The molecule has 0 spiro atoms. The van der Waals surface area contributed by atoms with E-state index in [-0.39, 0.29) is 5.56 Å². The number of rotatable bonds is 3. The molecule has 1 aliphatic rings. The molecule has 0 radical (unpaired) electrons. The minimum absolute atomic E-state index is 0.295. The van der Waals surface area contributed by atoms with Crippen LogP contribution in [-0.4, -0.2) is 31.8 Å². The number of aryl methyl sites for hydroxylation is 1. The number of nitrogens with zero attached hydrogens (tertiary/aromatic N) is 5. The fourth-order valence-electron chi connectivity index (χ4n) is 3.88. The Kier molecular flexibility index (Phi) is 5.21. The molecule has 1 fully saturated rings. The summed E-state index contributed by atoms with van der Waals surface area (Å²) in [5, 5.41) is 1.05. The molecule has 0 saturated carbocycles. The molecule has 0 N–H and O–H groups in total. The standard InChI is InChI=1S/C20H23Cl2N5O2/c1-12-7-9-26(10-8-12)19-23-17-16(18(28)25(3)20(29)24(17)2)27(19)11-13-14(21)5-4-6-15(13)22/h4-6,12H,7-11H2,1-3H3. The molecule has 3 heterocycles. The van der Waals surface area contributed by atoms with Crippen LogP contribution in [0.4, 0.5) is 5.95 Å². The van der Waals surface area contributed by atoms with Crippen molar-refractivity contribution >= 4 is 40.3 Å². The summed E-state index contributed by atoms with van der Waals surface area (Å²) < 4.78 is 4.37. The van der Waals surface area contributed by atoms with Crippen molar-refractivity contribution in [3.8, 4) is 0 Å². The van der Waals surface area contributed by atoms with Crippen LogP contribution in [0.1, 0.15) is 25.3 Å². The number of benzene rings is 1. The van der Waals surface area contributed by atoms with Crippen LogP contribution in [0, 0.1) is 5.92 Å². The molecule has 0 atom stereocenters. The van der Waals surface area contributed by atoms with Gasteiger partial charge in [0.15, 0.2) is 11.2 Å². The molecule has 0 unspecified atom stereocenters. The summed E-state index contributed by atoms with van der Waals surface area (Å²) in [5.74, 6) is 1.32. The number of hydrogen-bond acceptors (Lipinski definition) is 4. The van der Waals surface area contributed by atoms with Crippen molar-refractivity contribution in [2.75, 3.05) is 18.0 Å². The fourth-order valence-corrected chi connectivity index (χ4v) is 4.39. The smallest absolute Gasteiger partial charge is 0.332 e. The van der Waals surface area contributed by atoms with Gasteiger partial charge in [0, 0.05) is 42.8 Å². The fraction of sp³-hybridized carbons (Fsp3) is 0.450. The highest BCUT2D eigenvalue weighted by Gasteiger charge is 2.26. The van der Waals surface area contributed by atoms with E-state index in [0.29, 0.717) is 39.6 Å². The van der Waals surface area contributed by atoms with E-state index in [2.05, 4.69) is 11.8 Å². The van der Waals surface area contributed by atoms with Crippen molar-refractivity contribution in [1.82, 2.24) is 18.7 Å². The van der Waals surface area contributed by atoms with E-state index >= 15 is 0 Å². The van der Waals surface area contributed by atoms with Crippen LogP contribution in [0.15, 0.2) is 27.8 Å². The van der Waals surface area contributed by atoms with Crippen LogP contribution in [0.2, 0.25) is 10.0 Å². The molecule has 0 bridgehead atoms. The molecule has 1 saturated heterocycles. The van der Waals surface area contributed by atoms with Crippen LogP contribution in [0.5, 0.6) is 0 Å². The lowest BCUT2D eigenvalue weighted by atomic mass is 10.00. The SMILES string of the molecule is CC1CCN(c2nc3c(c(=O)n(C)c(=O)n3C)n2Cc2c(Cl)cccc2Cl)CC1. The van der Waals surface area contributed by atoms with Crippen LogP contribution in [0.3, 0.4) is 0 Å². The van der Waals surface area contributed by atoms with Gasteiger partial charge in [-0.15, -0.1) is 0 Å². The first kappa shape index (κ1) is 20.0. The molecule has 154 valence electrons. The van der Waals surface area contributed by atoms with Crippen molar-refractivity contribution in [2.45, 2.75) is 26.3 Å². The molecule has 1 aliphatic heterocycles. The van der Waals surface area contributed by atoms with Crippen molar-refractivity contribution in [2.24, 2.45) is 20.0 Å². The van der Waals surface area contributed by atoms with E-state index in [1.54, 1.807) is 25.2 Å². The topological polar surface area (TPSA) is 65.1 Å². The molecule has 29 heavy (non-hydrogen) atoms. The lowest BCUT2D eigenvalue weighted by molar-refractivity contribution is 0.432. The van der Waals surface area contributed by atoms with Crippen LogP contribution in [-0.2, 0) is 20.6 Å². The third-order valence-corrected chi connectivity index (χ3v) is 6.48. The average molecular weight is 436 g/mol. The highest BCUT2D eigenvalue weighted by molar-refractivity contribution is 6.36. The van der Waals surface area contributed by atoms with Gasteiger partial charge in [-0.1, -0.05) is 36.2 Å². The lowest BCUT2D eigenvalue weighted by Crippen LogP contribution is -2.38. The van der Waals surface area contributed by atoms with E-state index in [1.165, 1.54) is 11.6 Å². The highest BCUT2D eigenvalue weighted by Crippen LogP contribution is 2.30. The largest absolute Gasteiger partial charge is 0.342 e. The van der Waals surface area contributed by atoms with Gasteiger partial charge in [0.2, 0.25) is 5.95 Å². The van der Waals surface area contributed by atoms with E-state index in [1.807, 2.05) is 4.57 Å². The van der Waals surface area contributed by atoms with Crippen molar-refractivity contribution in [1.29, 1.82) is 0 Å². The molecule has 4 rings (SSSR count). The average Bonchev–Trinajstić information content (AvgIpc) is 3.07. The maximum Gasteiger partial charge on any atom is 0.332 e. The van der Waals surface area contributed by atoms with Gasteiger partial charge in [-0.25, -0.2) is 4.79 Å². The van der Waals surface area contributed by atoms with Gasteiger partial charge < -0.3 is 4.90 Å². The van der Waals surface area contributed by atoms with Crippen molar-refractivity contribution in [3.63, 3.8) is 0 Å². The first-order valence-corrected chi connectivity index (χ1v) is 10.4. The van der Waals surface area contributed by atoms with Gasteiger partial charge in [0.1, 0.15) is 0 Å². The molecule has 2 aromatic heterocycles. The molecule has 1 aromatic carbocycles. The van der Waals surface area contributed by atoms with Gasteiger partial charge in [0.25, 0.3) is 5.56 Å². The summed E-state index contributed by atoms with van der Waals surface area (Å²) in [5.41, 5.74) is 0.684. The van der Waals surface area contributed by atoms with Gasteiger partial charge >= 0.3 is 5.69 Å². The lowest BCUT2D eigenvalue weighted by Gasteiger charge is -2.31. The van der Waals surface area contributed by atoms with Crippen LogP contribution >= 0.6 is 23.2 Å². The predicted octanol–water partition coefficient (Wildman–Crippen LogP) is 3.03. The Labute approximate surface area is 178 Å². The highest BCUT2D eigenvalue weighted by atomic mass is 35.5. The number of piperidine rings is 1. The number of hydrogen-bond donors (Lipinski definition) is 0. The predicted molar refractivity (Wildman–Crippen MR) is 116 cm³/mol. The van der Waals surface area contributed by atoms with E-state index in [4.69, 9.17) is 28.2 Å². The Balaban J connectivity index is 1.98. The second-order valence-corrected chi connectivity index (χ2v) is 8.56. The monoisotopic (exact) mass is 435 g/mol. The second-order valence-electron chi connectivity index (χ2n) is 7.75. The summed E-state index contributed by atoms with van der Waals surface area (Å²) in [6, 6.07) is 5.34. The summed E-state index contributed by atoms with van der Waals surface area (Å²) in [6.45, 7) is 4.22. The number of imidazole rings is 1. The van der Waals surface area contributed by atoms with Crippen molar-refractivity contribution in [3.05, 3.63) is 54.6 Å². The van der Waals surface area contributed by atoms with Crippen LogP contribution < -0.4 is 16.1 Å². The molecule has 9 heteroatoms. The number of fused-ring (bicyclic) bond motifs is 1. The van der Waals surface area contributed by atoms with Gasteiger partial charge in [-0.3, -0.25) is 18.5 Å². The normalized spacial score (nSPS) is 15.4. The number of halogens is 2. The second kappa shape index (κ2) is 7.54. The maximum absolute atomic E-state index is 13.0. The minimum Gasteiger partial charge on any atom is -0.342 e. The van der Waals surface area contributed by atoms with Gasteiger partial charge in [-0.2, -0.15) is 4.98 Å². The first-order chi connectivity index (χ1) is 13.8. The quantitative estimate of drug-likeness (QED) is 0.633. The molecule has 0 amide bonds. The minimum atomic E-state index is -0.401. The van der Waals surface area contributed by atoms with Crippen molar-refractivity contribution < 1.29 is 0 Å². The summed E-state index contributed by atoms with van der Waals surface area (Å²) >= 11 is 12.8. The molecular formula is C20H23Cl2N5O2. The number of anilines is 1. The number of aromatic nitrogens is 4. The maximum atomic E-state index is 13.0. The van der Waals surface area contributed by atoms with Gasteiger partial charge in [0.05, 0.1) is 6.54 Å². The summed E-state index contributed by atoms with van der Waals surface area (Å²) in [7, 11) is 3.11. The molecule has 0 aliphatic carbocycles. The van der Waals surface area contributed by atoms with E-state index in [0.717, 1.165) is 36.1 Å². The third kappa shape index (κ3) is 3.36. The Morgan fingerprint density at radius 2 is 1.69 bits per heavy atom.